The molecule has 0 heterocycles. The predicted molar refractivity (Wildman–Crippen MR) is 229 cm³/mol. The minimum atomic E-state index is -0.922. The van der Waals surface area contributed by atoms with Crippen LogP contribution in [-0.2, 0) is 42.9 Å². The van der Waals surface area contributed by atoms with Crippen LogP contribution < -0.4 is 0 Å². The number of nitrogens with zero attached hydrogens (tertiary/aromatic N) is 3. The summed E-state index contributed by atoms with van der Waals surface area (Å²) >= 11 is 2.06. The average molecular weight is 946 g/mol. The van der Waals surface area contributed by atoms with Gasteiger partial charge in [0.2, 0.25) is 0 Å². The van der Waals surface area contributed by atoms with Crippen LogP contribution in [0.2, 0.25) is 0 Å². The van der Waals surface area contributed by atoms with Crippen molar-refractivity contribution in [2.24, 2.45) is 51.5 Å². The molecule has 1 aromatic rings. The summed E-state index contributed by atoms with van der Waals surface area (Å²) in [5.41, 5.74) is 9.23. The van der Waals surface area contributed by atoms with Crippen LogP contribution in [0.4, 0.5) is 5.69 Å². The fourth-order valence-electron chi connectivity index (χ4n) is 11.4. The lowest BCUT2D eigenvalue weighted by Gasteiger charge is -2.62. The van der Waals surface area contributed by atoms with Gasteiger partial charge < -0.3 is 28.8 Å². The average Bonchev–Trinajstić information content (AvgIpc) is 3.50. The van der Waals surface area contributed by atoms with E-state index >= 15 is 0 Å². The molecule has 3 fully saturated rings. The quantitative estimate of drug-likeness (QED) is 0.0242. The third-order valence-corrected chi connectivity index (χ3v) is 14.6. The molecule has 0 radical (unpaired) electrons. The molecule has 1 N–H and O–H groups in total. The molecule has 0 aliphatic heterocycles. The van der Waals surface area contributed by atoms with E-state index in [-0.39, 0.29) is 53.4 Å². The molecule has 330 valence electrons. The van der Waals surface area contributed by atoms with Gasteiger partial charge in [-0.1, -0.05) is 51.4 Å². The summed E-state index contributed by atoms with van der Waals surface area (Å²) < 4.78 is 30.7. The normalized spacial score (nSPS) is 31.5. The van der Waals surface area contributed by atoms with Gasteiger partial charge in [-0.25, -0.2) is 4.79 Å². The van der Waals surface area contributed by atoms with Gasteiger partial charge >= 0.3 is 29.8 Å². The molecule has 0 saturated heterocycles. The molecule has 1 aromatic carbocycles. The molecule has 4 aliphatic carbocycles. The van der Waals surface area contributed by atoms with Crippen LogP contribution in [0.3, 0.4) is 0 Å². The van der Waals surface area contributed by atoms with Crippen LogP contribution in [0.5, 0.6) is 0 Å². The number of benzene rings is 1. The first-order chi connectivity index (χ1) is 28.3. The molecule has 14 nitrogen and oxygen atoms in total. The number of carbonyl (C=O) groups excluding carboxylic acids is 5. The maximum absolute atomic E-state index is 14.0. The Morgan fingerprint density at radius 3 is 2.27 bits per heavy atom. The van der Waals surface area contributed by atoms with Crippen LogP contribution in [0.15, 0.2) is 35.0 Å². The molecule has 5 rings (SSSR count). The van der Waals surface area contributed by atoms with E-state index in [1.807, 2.05) is 6.08 Å². The molecular formula is C45H62IN3O11. The molecule has 15 heteroatoms. The number of unbranched alkanes of at least 4 members (excludes halogenated alkanes) is 1. The van der Waals surface area contributed by atoms with Crippen molar-refractivity contribution >= 4 is 58.1 Å². The molecule has 12 atom stereocenters. The summed E-state index contributed by atoms with van der Waals surface area (Å²) in [6, 6.07) is 4.87. The van der Waals surface area contributed by atoms with E-state index in [0.29, 0.717) is 44.4 Å². The fourth-order valence-corrected chi connectivity index (χ4v) is 11.8. The number of carbonyl (C=O) groups is 5. The highest BCUT2D eigenvalue weighted by molar-refractivity contribution is 14.1. The molecule has 3 saturated carbocycles. The summed E-state index contributed by atoms with van der Waals surface area (Å²) in [6.07, 6.45) is 4.06. The number of hydrogen-bond donors (Lipinski definition) is 1. The van der Waals surface area contributed by atoms with Crippen molar-refractivity contribution in [3.63, 3.8) is 0 Å². The third kappa shape index (κ3) is 10.5. The van der Waals surface area contributed by atoms with Gasteiger partial charge in [-0.05, 0) is 139 Å². The number of aliphatic hydroxyl groups excluding tert-OH is 1. The number of rotatable bonds is 16. The van der Waals surface area contributed by atoms with Gasteiger partial charge in [0.25, 0.3) is 0 Å². The Balaban J connectivity index is 1.44. The fraction of sp³-hybridized carbons (Fsp3) is 0.711. The van der Waals surface area contributed by atoms with Gasteiger partial charge in [-0.15, -0.1) is 0 Å². The first kappa shape index (κ1) is 47.4. The first-order valence-electron chi connectivity index (χ1n) is 21.4. The van der Waals surface area contributed by atoms with Gasteiger partial charge in [0.05, 0.1) is 24.0 Å². The maximum Gasteiger partial charge on any atom is 0.338 e. The SMILES string of the molecule is CC(=O)O[C@@H]1[C@@H]2[C@@H](OC(C)=O)C=C3[C@H]([C@H](OC(=O)CCCCOC(=O)c4cc([125I])ccc4N=[N+]=[N-])C[C@]4(C)[C@@H]([C@H](C)[C@H](O)CCC(C)C)CC[C@@H]34)[C@@]2(C)CC[C@@H]1OC(C)=O. The predicted octanol–water partition coefficient (Wildman–Crippen LogP) is 9.11. The number of ether oxygens (including phenoxy) is 5. The zero-order valence-electron chi connectivity index (χ0n) is 36.2. The van der Waals surface area contributed by atoms with Gasteiger partial charge in [0.1, 0.15) is 24.4 Å². The lowest BCUT2D eigenvalue weighted by molar-refractivity contribution is -0.213. The number of azide groups is 1. The number of halogens is 1. The van der Waals surface area contributed by atoms with Crippen molar-refractivity contribution in [2.45, 2.75) is 150 Å². The van der Waals surface area contributed by atoms with Crippen LogP contribution in [0.1, 0.15) is 130 Å². The molecule has 0 aromatic heterocycles. The van der Waals surface area contributed by atoms with E-state index in [1.54, 1.807) is 18.2 Å². The zero-order chi connectivity index (χ0) is 44.1. The van der Waals surface area contributed by atoms with Crippen molar-refractivity contribution in [1.82, 2.24) is 0 Å². The summed E-state index contributed by atoms with van der Waals surface area (Å²) in [5, 5.41) is 15.1. The number of fused-ring (bicyclic) bond motifs is 5. The Morgan fingerprint density at radius 2 is 1.62 bits per heavy atom. The number of esters is 5. The van der Waals surface area contributed by atoms with Crippen LogP contribution in [-0.4, -0.2) is 72.1 Å². The van der Waals surface area contributed by atoms with E-state index in [1.165, 1.54) is 20.8 Å². The molecule has 0 unspecified atom stereocenters. The Kier molecular flexibility index (Phi) is 15.8. The third-order valence-electron chi connectivity index (χ3n) is 13.9. The maximum atomic E-state index is 14.0. The van der Waals surface area contributed by atoms with E-state index in [0.717, 1.165) is 28.4 Å². The Bertz CT molecular complexity index is 1860. The monoisotopic (exact) mass is 945 g/mol. The van der Waals surface area contributed by atoms with Crippen LogP contribution >= 0.6 is 22.6 Å². The van der Waals surface area contributed by atoms with E-state index in [4.69, 9.17) is 29.2 Å². The van der Waals surface area contributed by atoms with Crippen molar-refractivity contribution in [1.29, 1.82) is 0 Å². The lowest BCUT2D eigenvalue weighted by atomic mass is 9.45. The molecule has 0 spiro atoms. The minimum Gasteiger partial charge on any atom is -0.462 e. The van der Waals surface area contributed by atoms with Gasteiger partial charge in [-0.3, -0.25) is 19.2 Å². The van der Waals surface area contributed by atoms with E-state index < -0.39 is 71.7 Å². The van der Waals surface area contributed by atoms with Crippen molar-refractivity contribution in [2.75, 3.05) is 6.61 Å². The Hall–Kier alpha value is -3.69. The summed E-state index contributed by atoms with van der Waals surface area (Å²) in [4.78, 5) is 67.4. The van der Waals surface area contributed by atoms with Crippen molar-refractivity contribution < 1.29 is 52.8 Å². The smallest absolute Gasteiger partial charge is 0.338 e. The highest BCUT2D eigenvalue weighted by Gasteiger charge is 2.67. The van der Waals surface area contributed by atoms with Crippen molar-refractivity contribution in [3.8, 4) is 0 Å². The summed E-state index contributed by atoms with van der Waals surface area (Å²) in [5.74, 6) is -2.90. The topological polar surface area (TPSA) is 200 Å². The standard InChI is InChI=1S/C45H62IN3O11/c1-24(2)12-17-35(53)25(3)32-14-15-33-30-22-37(58-27(5)51)41-42(59-28(6)52)36(57-26(4)50)18-19-44(41,7)40(30)38(23-45(32,33)8)60-39(54)11-9-10-20-56-43(55)31-21-29(46)13-16-34(31)48-49-47/h13,16,21-22,24-25,32-33,35-38,40-42,53H,9-12,14-15,17-20,23H2,1-8H3/t25-,32+,33-,35+,36-,37-,38+,40+,41-,42-,44+,45+/m0/s1/i46-2. The minimum absolute atomic E-state index is 0.0131. The molecule has 60 heavy (non-hydrogen) atoms. The lowest BCUT2D eigenvalue weighted by Crippen LogP contribution is -2.64. The van der Waals surface area contributed by atoms with Crippen LogP contribution in [0, 0.1) is 49.9 Å². The molecule has 0 bridgehead atoms. The van der Waals surface area contributed by atoms with Crippen LogP contribution in [0.25, 0.3) is 10.4 Å². The van der Waals surface area contributed by atoms with Crippen molar-refractivity contribution in [3.05, 3.63) is 49.4 Å². The highest BCUT2D eigenvalue weighted by atomic mass is 125. The second-order valence-electron chi connectivity index (χ2n) is 18.3. The Labute approximate surface area is 367 Å². The second kappa shape index (κ2) is 20.0. The molecular weight excluding hydrogens is 883 g/mol. The zero-order valence-corrected chi connectivity index (χ0v) is 38.3. The Morgan fingerprint density at radius 1 is 0.917 bits per heavy atom. The summed E-state index contributed by atoms with van der Waals surface area (Å²) in [7, 11) is 0. The second-order valence-corrected chi connectivity index (χ2v) is 19.6. The largest absolute Gasteiger partial charge is 0.462 e. The molecule has 0 amide bonds. The highest BCUT2D eigenvalue weighted by Crippen LogP contribution is 2.68. The van der Waals surface area contributed by atoms with Gasteiger partial charge in [0, 0.05) is 47.5 Å². The summed E-state index contributed by atoms with van der Waals surface area (Å²) in [6.45, 7) is 14.8. The van der Waals surface area contributed by atoms with Gasteiger partial charge in [0.15, 0.2) is 0 Å². The number of hydrogen-bond acceptors (Lipinski definition) is 12. The number of aliphatic hydroxyl groups is 1. The molecule has 4 aliphatic rings. The first-order valence-corrected chi connectivity index (χ1v) is 22.5. The van der Waals surface area contributed by atoms with Gasteiger partial charge in [-0.2, -0.15) is 0 Å². The van der Waals surface area contributed by atoms with E-state index in [2.05, 4.69) is 67.2 Å². The van der Waals surface area contributed by atoms with E-state index in [9.17, 15) is 29.1 Å².